The number of carbonyl (C=O) groups is 1. The van der Waals surface area contributed by atoms with Crippen LogP contribution < -0.4 is 5.32 Å². The second-order valence-corrected chi connectivity index (χ2v) is 7.02. The van der Waals surface area contributed by atoms with Crippen molar-refractivity contribution in [2.45, 2.75) is 19.5 Å². The summed E-state index contributed by atoms with van der Waals surface area (Å²) in [7, 11) is 3.81. The molecular weight excluding hydrogens is 346 g/mol. The Kier molecular flexibility index (Phi) is 5.70. The Hall–Kier alpha value is -2.64. The molecule has 1 aromatic carbocycles. The van der Waals surface area contributed by atoms with E-state index in [0.29, 0.717) is 12.4 Å². The second kappa shape index (κ2) is 8.16. The molecule has 3 rings (SSSR count). The maximum absolute atomic E-state index is 12.8. The summed E-state index contributed by atoms with van der Waals surface area (Å²) in [5.41, 5.74) is 2.90. The standard InChI is InChI=1S/C19H21N5OS/c1-13-7-4-5-8-15(13)16(24(2)3)18(25)22-11-14-12-26-19(23-14)17-20-9-6-10-21-17/h4-10,12,16H,11H2,1-3H3,(H,22,25)/t16-/m1/s1. The molecule has 0 spiro atoms. The Labute approximate surface area is 157 Å². The minimum absolute atomic E-state index is 0.0465. The van der Waals surface area contributed by atoms with E-state index in [9.17, 15) is 4.79 Å². The summed E-state index contributed by atoms with van der Waals surface area (Å²) in [6, 6.07) is 9.38. The van der Waals surface area contributed by atoms with Crippen LogP contribution >= 0.6 is 11.3 Å². The normalized spacial score (nSPS) is 12.2. The number of nitrogens with zero attached hydrogens (tertiary/aromatic N) is 4. The maximum atomic E-state index is 12.8. The molecule has 0 bridgehead atoms. The van der Waals surface area contributed by atoms with Crippen molar-refractivity contribution in [1.82, 2.24) is 25.2 Å². The molecule has 0 unspecified atom stereocenters. The zero-order chi connectivity index (χ0) is 18.5. The number of thiazole rings is 1. The molecule has 1 amide bonds. The zero-order valence-electron chi connectivity index (χ0n) is 15.0. The molecule has 2 heterocycles. The van der Waals surface area contributed by atoms with Crippen LogP contribution in [0.3, 0.4) is 0 Å². The van der Waals surface area contributed by atoms with E-state index in [0.717, 1.165) is 21.8 Å². The average Bonchev–Trinajstić information content (AvgIpc) is 3.11. The van der Waals surface area contributed by atoms with E-state index in [2.05, 4.69) is 20.3 Å². The maximum Gasteiger partial charge on any atom is 0.242 e. The summed E-state index contributed by atoms with van der Waals surface area (Å²) in [5.74, 6) is 0.552. The van der Waals surface area contributed by atoms with Crippen molar-refractivity contribution in [3.05, 3.63) is 64.9 Å². The van der Waals surface area contributed by atoms with Gasteiger partial charge in [0.1, 0.15) is 6.04 Å². The predicted molar refractivity (Wildman–Crippen MR) is 103 cm³/mol. The molecule has 0 aliphatic rings. The molecule has 2 aromatic heterocycles. The van der Waals surface area contributed by atoms with Gasteiger partial charge in [-0.3, -0.25) is 9.69 Å². The highest BCUT2D eigenvalue weighted by molar-refractivity contribution is 7.13. The van der Waals surface area contributed by atoms with Crippen molar-refractivity contribution in [2.75, 3.05) is 14.1 Å². The highest BCUT2D eigenvalue weighted by Crippen LogP contribution is 2.23. The second-order valence-electron chi connectivity index (χ2n) is 6.16. The molecular formula is C19H21N5OS. The van der Waals surface area contributed by atoms with Gasteiger partial charge in [-0.05, 0) is 38.2 Å². The third-order valence-electron chi connectivity index (χ3n) is 4.00. The first-order valence-corrected chi connectivity index (χ1v) is 9.15. The van der Waals surface area contributed by atoms with Crippen molar-refractivity contribution < 1.29 is 4.79 Å². The molecule has 0 radical (unpaired) electrons. The zero-order valence-corrected chi connectivity index (χ0v) is 15.8. The Bertz CT molecular complexity index is 878. The Morgan fingerprint density at radius 3 is 2.62 bits per heavy atom. The average molecular weight is 367 g/mol. The smallest absolute Gasteiger partial charge is 0.242 e. The number of hydrogen-bond acceptors (Lipinski definition) is 6. The van der Waals surface area contributed by atoms with Crippen LogP contribution in [0.4, 0.5) is 0 Å². The van der Waals surface area contributed by atoms with Gasteiger partial charge in [-0.1, -0.05) is 24.3 Å². The lowest BCUT2D eigenvalue weighted by Crippen LogP contribution is -2.37. The first kappa shape index (κ1) is 18.2. The van der Waals surface area contributed by atoms with Crippen LogP contribution in [-0.4, -0.2) is 39.9 Å². The van der Waals surface area contributed by atoms with Crippen LogP contribution in [-0.2, 0) is 11.3 Å². The van der Waals surface area contributed by atoms with E-state index in [-0.39, 0.29) is 11.9 Å². The van der Waals surface area contributed by atoms with Gasteiger partial charge >= 0.3 is 0 Å². The van der Waals surface area contributed by atoms with Crippen LogP contribution in [0.1, 0.15) is 22.9 Å². The van der Waals surface area contributed by atoms with E-state index >= 15 is 0 Å². The molecule has 0 fully saturated rings. The first-order chi connectivity index (χ1) is 12.6. The number of rotatable bonds is 6. The summed E-state index contributed by atoms with van der Waals surface area (Å²) in [6.07, 6.45) is 3.38. The van der Waals surface area contributed by atoms with Crippen molar-refractivity contribution in [1.29, 1.82) is 0 Å². The molecule has 1 N–H and O–H groups in total. The lowest BCUT2D eigenvalue weighted by Gasteiger charge is -2.25. The van der Waals surface area contributed by atoms with Gasteiger partial charge in [-0.25, -0.2) is 15.0 Å². The van der Waals surface area contributed by atoms with Gasteiger partial charge in [0.15, 0.2) is 10.8 Å². The number of likely N-dealkylation sites (N-methyl/N-ethyl adjacent to an activating group) is 1. The Balaban J connectivity index is 1.70. The fraction of sp³-hybridized carbons (Fsp3) is 0.263. The molecule has 26 heavy (non-hydrogen) atoms. The number of aryl methyl sites for hydroxylation is 1. The monoisotopic (exact) mass is 367 g/mol. The fourth-order valence-electron chi connectivity index (χ4n) is 2.72. The number of nitrogens with one attached hydrogen (secondary N) is 1. The van der Waals surface area contributed by atoms with Crippen molar-refractivity contribution >= 4 is 17.2 Å². The van der Waals surface area contributed by atoms with Crippen LogP contribution in [0, 0.1) is 6.92 Å². The highest BCUT2D eigenvalue weighted by atomic mass is 32.1. The van der Waals surface area contributed by atoms with Gasteiger partial charge in [0, 0.05) is 17.8 Å². The van der Waals surface area contributed by atoms with E-state index in [1.807, 2.05) is 55.6 Å². The van der Waals surface area contributed by atoms with E-state index in [4.69, 9.17) is 0 Å². The van der Waals surface area contributed by atoms with E-state index in [1.165, 1.54) is 11.3 Å². The fourth-order valence-corrected chi connectivity index (χ4v) is 3.49. The lowest BCUT2D eigenvalue weighted by molar-refractivity contribution is -0.126. The SMILES string of the molecule is Cc1ccccc1[C@H](C(=O)NCc1csc(-c2ncccn2)n1)N(C)C. The molecule has 1 atom stereocenters. The van der Waals surface area contributed by atoms with Gasteiger partial charge in [0.05, 0.1) is 12.2 Å². The van der Waals surface area contributed by atoms with Gasteiger partial charge in [0.2, 0.25) is 5.91 Å². The van der Waals surface area contributed by atoms with Crippen molar-refractivity contribution in [2.24, 2.45) is 0 Å². The van der Waals surface area contributed by atoms with Crippen LogP contribution in [0.25, 0.3) is 10.8 Å². The summed E-state index contributed by atoms with van der Waals surface area (Å²) >= 11 is 1.47. The molecule has 0 saturated heterocycles. The Morgan fingerprint density at radius 2 is 1.92 bits per heavy atom. The third-order valence-corrected chi connectivity index (χ3v) is 4.89. The third kappa shape index (κ3) is 4.12. The van der Waals surface area contributed by atoms with E-state index < -0.39 is 0 Å². The topological polar surface area (TPSA) is 71.0 Å². The molecule has 7 heteroatoms. The molecule has 0 aliphatic carbocycles. The quantitative estimate of drug-likeness (QED) is 0.725. The number of hydrogen-bond donors (Lipinski definition) is 1. The van der Waals surface area contributed by atoms with Gasteiger partial charge in [0.25, 0.3) is 0 Å². The number of aromatic nitrogens is 3. The minimum Gasteiger partial charge on any atom is -0.349 e. The molecule has 3 aromatic rings. The van der Waals surface area contributed by atoms with Crippen molar-refractivity contribution in [3.8, 4) is 10.8 Å². The van der Waals surface area contributed by atoms with Crippen LogP contribution in [0.15, 0.2) is 48.1 Å². The minimum atomic E-state index is -0.341. The highest BCUT2D eigenvalue weighted by Gasteiger charge is 2.24. The van der Waals surface area contributed by atoms with Crippen LogP contribution in [0.5, 0.6) is 0 Å². The molecule has 0 saturated carbocycles. The summed E-state index contributed by atoms with van der Waals surface area (Å²) in [4.78, 5) is 27.6. The molecule has 0 aliphatic heterocycles. The lowest BCUT2D eigenvalue weighted by atomic mass is 10.00. The largest absolute Gasteiger partial charge is 0.349 e. The van der Waals surface area contributed by atoms with Gasteiger partial charge in [-0.15, -0.1) is 11.3 Å². The molecule has 6 nitrogen and oxygen atoms in total. The summed E-state index contributed by atoms with van der Waals surface area (Å²) in [5, 5.41) is 5.66. The van der Waals surface area contributed by atoms with Gasteiger partial charge in [-0.2, -0.15) is 0 Å². The Morgan fingerprint density at radius 1 is 1.19 bits per heavy atom. The van der Waals surface area contributed by atoms with Crippen molar-refractivity contribution in [3.63, 3.8) is 0 Å². The number of carbonyl (C=O) groups excluding carboxylic acids is 1. The number of amides is 1. The first-order valence-electron chi connectivity index (χ1n) is 8.27. The van der Waals surface area contributed by atoms with E-state index in [1.54, 1.807) is 18.5 Å². The summed E-state index contributed by atoms with van der Waals surface area (Å²) in [6.45, 7) is 2.39. The predicted octanol–water partition coefficient (Wildman–Crippen LogP) is 2.83. The van der Waals surface area contributed by atoms with Crippen LogP contribution in [0.2, 0.25) is 0 Å². The molecule has 134 valence electrons. The van der Waals surface area contributed by atoms with Gasteiger partial charge < -0.3 is 5.32 Å². The summed E-state index contributed by atoms with van der Waals surface area (Å²) < 4.78 is 0. The number of benzene rings is 1.